The summed E-state index contributed by atoms with van der Waals surface area (Å²) in [4.78, 5) is 3.69. The molecule has 0 radical (unpaired) electrons. The van der Waals surface area contributed by atoms with E-state index < -0.39 is 6.61 Å². The van der Waals surface area contributed by atoms with Gasteiger partial charge >= 0.3 is 6.61 Å². The Hall–Kier alpha value is -1.50. The lowest BCUT2D eigenvalue weighted by atomic mass is 10.0. The minimum Gasteiger partial charge on any atom is -0.435 e. The predicted molar refractivity (Wildman–Crippen MR) is 83.7 cm³/mol. The zero-order chi connectivity index (χ0) is 15.4. The molecule has 2 heterocycles. The first-order valence-electron chi connectivity index (χ1n) is 7.27. The first-order valence-corrected chi connectivity index (χ1v) is 8.15. The second kappa shape index (κ2) is 7.17. The van der Waals surface area contributed by atoms with E-state index in [0.29, 0.717) is 0 Å². The molecule has 2 aromatic rings. The zero-order valence-corrected chi connectivity index (χ0v) is 12.9. The Morgan fingerprint density at radius 1 is 1.09 bits per heavy atom. The minimum absolute atomic E-state index is 0.169. The molecule has 1 saturated heterocycles. The number of hydrogen-bond donors (Lipinski definition) is 1. The summed E-state index contributed by atoms with van der Waals surface area (Å²) in [5.41, 5.74) is 1.10. The molecule has 0 bridgehead atoms. The molecule has 3 rings (SSSR count). The number of ether oxygens (including phenoxy) is 1. The van der Waals surface area contributed by atoms with Crippen LogP contribution in [0.15, 0.2) is 41.8 Å². The number of nitrogens with zero attached hydrogens (tertiary/aromatic N) is 1. The third-order valence-corrected chi connectivity index (χ3v) is 4.68. The van der Waals surface area contributed by atoms with Crippen molar-refractivity contribution in [1.82, 2.24) is 10.2 Å². The largest absolute Gasteiger partial charge is 0.435 e. The van der Waals surface area contributed by atoms with E-state index in [1.807, 2.05) is 18.2 Å². The van der Waals surface area contributed by atoms with Gasteiger partial charge in [-0.1, -0.05) is 18.2 Å². The van der Waals surface area contributed by atoms with Gasteiger partial charge in [0.15, 0.2) is 0 Å². The number of rotatable bonds is 5. The molecule has 0 amide bonds. The van der Waals surface area contributed by atoms with E-state index in [9.17, 15) is 8.78 Å². The summed E-state index contributed by atoms with van der Waals surface area (Å²) in [6.45, 7) is 1.09. The van der Waals surface area contributed by atoms with E-state index in [1.165, 1.54) is 4.88 Å². The van der Waals surface area contributed by atoms with Crippen molar-refractivity contribution in [3.63, 3.8) is 0 Å². The van der Waals surface area contributed by atoms with Crippen LogP contribution in [-0.2, 0) is 0 Å². The molecule has 0 aliphatic carbocycles. The summed E-state index contributed by atoms with van der Waals surface area (Å²) in [6, 6.07) is 11.3. The minimum atomic E-state index is -2.79. The predicted octanol–water partition coefficient (Wildman–Crippen LogP) is 3.34. The monoisotopic (exact) mass is 324 g/mol. The van der Waals surface area contributed by atoms with Crippen molar-refractivity contribution in [2.75, 3.05) is 26.2 Å². The van der Waals surface area contributed by atoms with Crippen LogP contribution >= 0.6 is 11.3 Å². The lowest BCUT2D eigenvalue weighted by molar-refractivity contribution is -0.0498. The number of alkyl halides is 2. The molecule has 22 heavy (non-hydrogen) atoms. The Bertz CT molecular complexity index is 568. The number of hydrogen-bond acceptors (Lipinski definition) is 4. The lowest BCUT2D eigenvalue weighted by Gasteiger charge is -2.34. The normalized spacial score (nSPS) is 17.6. The Kier molecular flexibility index (Phi) is 5.02. The third kappa shape index (κ3) is 3.63. The van der Waals surface area contributed by atoms with Crippen LogP contribution in [0.4, 0.5) is 8.78 Å². The van der Waals surface area contributed by atoms with Crippen LogP contribution in [0.2, 0.25) is 0 Å². The molecule has 1 fully saturated rings. The fourth-order valence-corrected chi connectivity index (χ4v) is 3.66. The standard InChI is InChI=1S/C16H18F2N2OS/c17-16(18)21-13-5-3-12(4-6-13)15(14-2-1-11-22-14)20-9-7-19-8-10-20/h1-6,11,15-16,19H,7-10H2/t15-/m0/s1. The maximum atomic E-state index is 12.3. The molecule has 118 valence electrons. The Morgan fingerprint density at radius 2 is 1.82 bits per heavy atom. The van der Waals surface area contributed by atoms with Crippen LogP contribution in [0.3, 0.4) is 0 Å². The Balaban J connectivity index is 1.85. The summed E-state index contributed by atoms with van der Waals surface area (Å²) in [5, 5.41) is 5.42. The maximum absolute atomic E-state index is 12.3. The molecular formula is C16H18F2N2OS. The van der Waals surface area contributed by atoms with Gasteiger partial charge in [-0.05, 0) is 29.1 Å². The first kappa shape index (κ1) is 15.4. The van der Waals surface area contributed by atoms with E-state index >= 15 is 0 Å². The van der Waals surface area contributed by atoms with Crippen LogP contribution in [0.25, 0.3) is 0 Å². The van der Waals surface area contributed by atoms with Crippen LogP contribution in [-0.4, -0.2) is 37.7 Å². The smallest absolute Gasteiger partial charge is 0.387 e. The van der Waals surface area contributed by atoms with Gasteiger partial charge in [0.25, 0.3) is 0 Å². The van der Waals surface area contributed by atoms with Crippen LogP contribution in [0.5, 0.6) is 5.75 Å². The topological polar surface area (TPSA) is 24.5 Å². The molecule has 1 N–H and O–H groups in total. The van der Waals surface area contributed by atoms with Crippen molar-refractivity contribution in [2.24, 2.45) is 0 Å². The van der Waals surface area contributed by atoms with Crippen LogP contribution < -0.4 is 10.1 Å². The molecule has 0 spiro atoms. The third-order valence-electron chi connectivity index (χ3n) is 3.75. The van der Waals surface area contributed by atoms with Crippen molar-refractivity contribution in [3.8, 4) is 5.75 Å². The summed E-state index contributed by atoms with van der Waals surface area (Å²) in [7, 11) is 0. The summed E-state index contributed by atoms with van der Waals surface area (Å²) < 4.78 is 28.9. The lowest BCUT2D eigenvalue weighted by Crippen LogP contribution is -2.45. The fourth-order valence-electron chi connectivity index (χ4n) is 2.77. The summed E-state index contributed by atoms with van der Waals surface area (Å²) >= 11 is 1.72. The highest BCUT2D eigenvalue weighted by Gasteiger charge is 2.24. The van der Waals surface area contributed by atoms with Crippen molar-refractivity contribution >= 4 is 11.3 Å². The molecule has 1 aromatic carbocycles. The molecule has 1 aromatic heterocycles. The quantitative estimate of drug-likeness (QED) is 0.913. The van der Waals surface area contributed by atoms with E-state index in [1.54, 1.807) is 23.5 Å². The van der Waals surface area contributed by atoms with Gasteiger partial charge in [-0.25, -0.2) is 0 Å². The Labute approximate surface area is 132 Å². The highest BCUT2D eigenvalue weighted by atomic mass is 32.1. The molecule has 1 atom stereocenters. The van der Waals surface area contributed by atoms with Gasteiger partial charge in [-0.3, -0.25) is 4.90 Å². The van der Waals surface area contributed by atoms with Crippen molar-refractivity contribution in [2.45, 2.75) is 12.7 Å². The van der Waals surface area contributed by atoms with Gasteiger partial charge in [-0.2, -0.15) is 8.78 Å². The highest BCUT2D eigenvalue weighted by molar-refractivity contribution is 7.10. The highest BCUT2D eigenvalue weighted by Crippen LogP contribution is 2.33. The first-order chi connectivity index (χ1) is 10.7. The van der Waals surface area contributed by atoms with Gasteiger partial charge in [0.05, 0.1) is 6.04 Å². The second-order valence-electron chi connectivity index (χ2n) is 5.15. The van der Waals surface area contributed by atoms with Crippen LogP contribution in [0, 0.1) is 0 Å². The second-order valence-corrected chi connectivity index (χ2v) is 6.13. The zero-order valence-electron chi connectivity index (χ0n) is 12.0. The van der Waals surface area contributed by atoms with Gasteiger partial charge in [0.2, 0.25) is 0 Å². The average molecular weight is 324 g/mol. The molecule has 3 nitrogen and oxygen atoms in total. The molecular weight excluding hydrogens is 306 g/mol. The van der Waals surface area contributed by atoms with Gasteiger partial charge < -0.3 is 10.1 Å². The average Bonchev–Trinajstić information content (AvgIpc) is 3.04. The maximum Gasteiger partial charge on any atom is 0.387 e. The number of nitrogens with one attached hydrogen (secondary N) is 1. The van der Waals surface area contributed by atoms with E-state index in [0.717, 1.165) is 31.7 Å². The Morgan fingerprint density at radius 3 is 2.41 bits per heavy atom. The molecule has 1 aliphatic heterocycles. The van der Waals surface area contributed by atoms with E-state index in [-0.39, 0.29) is 11.8 Å². The molecule has 0 unspecified atom stereocenters. The number of halogens is 2. The van der Waals surface area contributed by atoms with Gasteiger partial charge in [-0.15, -0.1) is 11.3 Å². The van der Waals surface area contributed by atoms with Crippen molar-refractivity contribution in [3.05, 3.63) is 52.2 Å². The van der Waals surface area contributed by atoms with Crippen molar-refractivity contribution in [1.29, 1.82) is 0 Å². The summed E-state index contributed by atoms with van der Waals surface area (Å²) in [5.74, 6) is 0.198. The SMILES string of the molecule is FC(F)Oc1ccc([C@@H](c2cccs2)N2CCNCC2)cc1. The molecule has 6 heteroatoms. The number of thiophene rings is 1. The summed E-state index contributed by atoms with van der Waals surface area (Å²) in [6.07, 6.45) is 0. The van der Waals surface area contributed by atoms with Crippen LogP contribution in [0.1, 0.15) is 16.5 Å². The molecule has 1 aliphatic rings. The molecule has 0 saturated carbocycles. The van der Waals surface area contributed by atoms with Gasteiger partial charge in [0.1, 0.15) is 5.75 Å². The number of piperazine rings is 1. The number of benzene rings is 1. The fraction of sp³-hybridized carbons (Fsp3) is 0.375. The van der Waals surface area contributed by atoms with Crippen molar-refractivity contribution < 1.29 is 13.5 Å². The van der Waals surface area contributed by atoms with Gasteiger partial charge in [0, 0.05) is 31.1 Å². The van der Waals surface area contributed by atoms with E-state index in [2.05, 4.69) is 26.4 Å². The van der Waals surface area contributed by atoms with E-state index in [4.69, 9.17) is 0 Å².